The Morgan fingerprint density at radius 1 is 1.33 bits per heavy atom. The highest BCUT2D eigenvalue weighted by Crippen LogP contribution is 1.95. The number of rotatable bonds is 3. The molecule has 1 aliphatic rings. The fourth-order valence-electron chi connectivity index (χ4n) is 2.26. The lowest BCUT2D eigenvalue weighted by atomic mass is 10.1. The van der Waals surface area contributed by atoms with E-state index in [0.29, 0.717) is 12.6 Å². The van der Waals surface area contributed by atoms with Crippen molar-refractivity contribution in [1.29, 1.82) is 0 Å². The van der Waals surface area contributed by atoms with Crippen LogP contribution in [0.15, 0.2) is 30.3 Å². The molecule has 4 N–H and O–H groups in total. The van der Waals surface area contributed by atoms with E-state index in [1.54, 1.807) is 4.90 Å². The van der Waals surface area contributed by atoms with Gasteiger partial charge in [-0.1, -0.05) is 30.3 Å². The molecule has 0 radical (unpaired) electrons. The maximum absolute atomic E-state index is 9.13. The predicted molar refractivity (Wildman–Crippen MR) is 58.5 cm³/mol. The van der Waals surface area contributed by atoms with E-state index in [1.807, 2.05) is 0 Å². The average molecular weight is 208 g/mol. The van der Waals surface area contributed by atoms with Crippen molar-refractivity contribution >= 4 is 0 Å². The van der Waals surface area contributed by atoms with Crippen LogP contribution in [-0.2, 0) is 6.54 Å². The molecular weight excluding hydrogens is 188 g/mol. The molecule has 1 aliphatic heterocycles. The normalized spacial score (nSPS) is 26.5. The number of nitrogens with one attached hydrogen (secondary N) is 1. The summed E-state index contributed by atoms with van der Waals surface area (Å²) in [6.45, 7) is 4.80. The Balaban J connectivity index is 1.89. The van der Waals surface area contributed by atoms with Gasteiger partial charge in [-0.25, -0.2) is 0 Å². The van der Waals surface area contributed by atoms with E-state index in [1.165, 1.54) is 12.1 Å². The molecule has 0 amide bonds. The van der Waals surface area contributed by atoms with Crippen LogP contribution in [0.1, 0.15) is 5.56 Å². The molecule has 2 atom stereocenters. The largest absolute Gasteiger partial charge is 0.390 e. The molecule has 1 aromatic rings. The van der Waals surface area contributed by atoms with Gasteiger partial charge in [0.2, 0.25) is 0 Å². The third-order valence-corrected chi connectivity index (χ3v) is 3.08. The Kier molecular flexibility index (Phi) is 3.72. The Hall–Kier alpha value is -0.900. The standard InChI is InChI=1S/C12H18N2O/c15-10-12-9-14(7-6-13-12)8-11-4-2-1-3-5-11/h1-5,12-13,15H,6-10H2/p+2/t12-/m1/s1. The summed E-state index contributed by atoms with van der Waals surface area (Å²) >= 11 is 0. The molecule has 1 fully saturated rings. The lowest BCUT2D eigenvalue weighted by Crippen LogP contribution is -3.21. The molecule has 1 unspecified atom stereocenters. The van der Waals surface area contributed by atoms with Gasteiger partial charge in [-0.3, -0.25) is 0 Å². The van der Waals surface area contributed by atoms with Crippen molar-refractivity contribution in [2.24, 2.45) is 0 Å². The van der Waals surface area contributed by atoms with Crippen LogP contribution in [0, 0.1) is 0 Å². The van der Waals surface area contributed by atoms with Crippen molar-refractivity contribution in [2.45, 2.75) is 12.6 Å². The number of nitrogens with two attached hydrogens (primary N) is 1. The van der Waals surface area contributed by atoms with Crippen LogP contribution in [-0.4, -0.2) is 37.4 Å². The first kappa shape index (κ1) is 10.6. The zero-order valence-corrected chi connectivity index (χ0v) is 9.02. The van der Waals surface area contributed by atoms with Gasteiger partial charge in [0, 0.05) is 5.56 Å². The predicted octanol–water partition coefficient (Wildman–Crippen LogP) is -1.99. The number of benzene rings is 1. The van der Waals surface area contributed by atoms with Crippen molar-refractivity contribution in [1.82, 2.24) is 0 Å². The first-order chi connectivity index (χ1) is 7.38. The summed E-state index contributed by atoms with van der Waals surface area (Å²) in [7, 11) is 0. The minimum Gasteiger partial charge on any atom is -0.390 e. The quantitative estimate of drug-likeness (QED) is 0.529. The highest BCUT2D eigenvalue weighted by Gasteiger charge is 2.24. The number of quaternary nitrogens is 2. The highest BCUT2D eigenvalue weighted by atomic mass is 16.3. The van der Waals surface area contributed by atoms with Crippen LogP contribution in [0.4, 0.5) is 0 Å². The smallest absolute Gasteiger partial charge is 0.159 e. The number of aliphatic hydroxyl groups excluding tert-OH is 1. The summed E-state index contributed by atoms with van der Waals surface area (Å²) in [5, 5.41) is 11.4. The van der Waals surface area contributed by atoms with Gasteiger partial charge in [-0.05, 0) is 0 Å². The summed E-state index contributed by atoms with van der Waals surface area (Å²) in [6.07, 6.45) is 0. The van der Waals surface area contributed by atoms with Gasteiger partial charge in [0.05, 0.1) is 0 Å². The summed E-state index contributed by atoms with van der Waals surface area (Å²) in [4.78, 5) is 1.59. The molecule has 0 spiro atoms. The molecule has 0 bridgehead atoms. The molecule has 2 rings (SSSR count). The molecule has 82 valence electrons. The average Bonchev–Trinajstić information content (AvgIpc) is 2.31. The Labute approximate surface area is 90.7 Å². The molecule has 3 nitrogen and oxygen atoms in total. The van der Waals surface area contributed by atoms with E-state index in [-0.39, 0.29) is 0 Å². The number of hydrogen-bond donors (Lipinski definition) is 3. The Morgan fingerprint density at radius 3 is 2.87 bits per heavy atom. The van der Waals surface area contributed by atoms with Gasteiger partial charge in [0.1, 0.15) is 32.8 Å². The lowest BCUT2D eigenvalue weighted by Gasteiger charge is -2.27. The summed E-state index contributed by atoms with van der Waals surface area (Å²) in [5.41, 5.74) is 1.39. The van der Waals surface area contributed by atoms with Crippen LogP contribution >= 0.6 is 0 Å². The third kappa shape index (κ3) is 3.02. The zero-order valence-electron chi connectivity index (χ0n) is 9.02. The highest BCUT2D eigenvalue weighted by molar-refractivity contribution is 5.13. The second-order valence-corrected chi connectivity index (χ2v) is 4.33. The maximum Gasteiger partial charge on any atom is 0.159 e. The van der Waals surface area contributed by atoms with Gasteiger partial charge in [0.25, 0.3) is 0 Å². The van der Waals surface area contributed by atoms with Crippen molar-refractivity contribution < 1.29 is 15.3 Å². The van der Waals surface area contributed by atoms with Gasteiger partial charge < -0.3 is 15.3 Å². The van der Waals surface area contributed by atoms with Gasteiger partial charge in [-0.2, -0.15) is 0 Å². The van der Waals surface area contributed by atoms with Crippen molar-refractivity contribution in [2.75, 3.05) is 26.2 Å². The van der Waals surface area contributed by atoms with Crippen molar-refractivity contribution in [3.63, 3.8) is 0 Å². The van der Waals surface area contributed by atoms with Crippen LogP contribution in [0.5, 0.6) is 0 Å². The lowest BCUT2D eigenvalue weighted by molar-refractivity contribution is -0.967. The Bertz CT molecular complexity index is 289. The van der Waals surface area contributed by atoms with Crippen molar-refractivity contribution in [3.8, 4) is 0 Å². The van der Waals surface area contributed by atoms with E-state index < -0.39 is 0 Å². The number of hydrogen-bond acceptors (Lipinski definition) is 1. The number of aliphatic hydroxyl groups is 1. The van der Waals surface area contributed by atoms with E-state index in [2.05, 4.69) is 35.6 Å². The molecule has 1 saturated heterocycles. The zero-order chi connectivity index (χ0) is 10.5. The van der Waals surface area contributed by atoms with E-state index in [9.17, 15) is 0 Å². The fraction of sp³-hybridized carbons (Fsp3) is 0.500. The molecule has 1 aromatic carbocycles. The molecule has 0 aromatic heterocycles. The van der Waals surface area contributed by atoms with Crippen LogP contribution in [0.25, 0.3) is 0 Å². The summed E-state index contributed by atoms with van der Waals surface area (Å²) < 4.78 is 0. The van der Waals surface area contributed by atoms with Gasteiger partial charge >= 0.3 is 0 Å². The molecule has 0 saturated carbocycles. The Morgan fingerprint density at radius 2 is 2.13 bits per heavy atom. The second kappa shape index (κ2) is 5.26. The molecular formula is C12H20N2O+2. The summed E-state index contributed by atoms with van der Waals surface area (Å²) in [6, 6.07) is 11.0. The van der Waals surface area contributed by atoms with Crippen molar-refractivity contribution in [3.05, 3.63) is 35.9 Å². The van der Waals surface area contributed by atoms with E-state index >= 15 is 0 Å². The first-order valence-electron chi connectivity index (χ1n) is 5.70. The molecule has 0 aliphatic carbocycles. The van der Waals surface area contributed by atoms with E-state index in [0.717, 1.165) is 19.6 Å². The van der Waals surface area contributed by atoms with Crippen LogP contribution in [0.2, 0.25) is 0 Å². The SMILES string of the molecule is OC[C@H]1C[NH+](Cc2ccccc2)CC[NH2+]1. The monoisotopic (exact) mass is 208 g/mol. The second-order valence-electron chi connectivity index (χ2n) is 4.33. The van der Waals surface area contributed by atoms with Crippen LogP contribution in [0.3, 0.4) is 0 Å². The molecule has 15 heavy (non-hydrogen) atoms. The molecule has 3 heteroatoms. The first-order valence-corrected chi connectivity index (χ1v) is 5.70. The summed E-state index contributed by atoms with van der Waals surface area (Å²) in [5.74, 6) is 0. The fourth-order valence-corrected chi connectivity index (χ4v) is 2.26. The minimum atomic E-state index is 0.304. The maximum atomic E-state index is 9.13. The third-order valence-electron chi connectivity index (χ3n) is 3.08. The van der Waals surface area contributed by atoms with Gasteiger partial charge in [0.15, 0.2) is 6.04 Å². The van der Waals surface area contributed by atoms with Gasteiger partial charge in [-0.15, -0.1) is 0 Å². The van der Waals surface area contributed by atoms with E-state index in [4.69, 9.17) is 5.11 Å². The minimum absolute atomic E-state index is 0.304. The van der Waals surface area contributed by atoms with Crippen LogP contribution < -0.4 is 10.2 Å². The molecule has 1 heterocycles. The topological polar surface area (TPSA) is 41.3 Å². The number of piperazine rings is 1.